The molecule has 6 heteroatoms. The molecule has 1 heterocycles. The number of aryl methyl sites for hydroxylation is 1. The van der Waals surface area contributed by atoms with E-state index >= 15 is 0 Å². The van der Waals surface area contributed by atoms with Crippen LogP contribution in [-0.2, 0) is 9.59 Å². The number of hydrogen-bond donors (Lipinski definition) is 1. The Labute approximate surface area is 191 Å². The number of aliphatic hydroxyl groups is 1. The van der Waals surface area contributed by atoms with Crippen molar-refractivity contribution < 1.29 is 23.8 Å². The number of amides is 1. The van der Waals surface area contributed by atoms with Crippen LogP contribution in [0, 0.1) is 12.7 Å². The zero-order chi connectivity index (χ0) is 23.7. The third kappa shape index (κ3) is 4.24. The van der Waals surface area contributed by atoms with Gasteiger partial charge in [-0.05, 0) is 74.4 Å². The summed E-state index contributed by atoms with van der Waals surface area (Å²) < 4.78 is 19.4. The number of benzene rings is 3. The van der Waals surface area contributed by atoms with Crippen molar-refractivity contribution in [3.8, 4) is 5.75 Å². The summed E-state index contributed by atoms with van der Waals surface area (Å²) in [5, 5.41) is 11.2. The summed E-state index contributed by atoms with van der Waals surface area (Å²) in [6, 6.07) is 18.5. The van der Waals surface area contributed by atoms with E-state index in [4.69, 9.17) is 4.74 Å². The van der Waals surface area contributed by atoms with Crippen LogP contribution in [0.5, 0.6) is 5.75 Å². The lowest BCUT2D eigenvalue weighted by Gasteiger charge is -2.25. The van der Waals surface area contributed by atoms with Crippen molar-refractivity contribution in [2.24, 2.45) is 0 Å². The third-order valence-corrected chi connectivity index (χ3v) is 5.48. The lowest BCUT2D eigenvalue weighted by atomic mass is 9.94. The monoisotopic (exact) mass is 445 g/mol. The number of para-hydroxylation sites is 1. The summed E-state index contributed by atoms with van der Waals surface area (Å²) in [7, 11) is 0. The van der Waals surface area contributed by atoms with Crippen LogP contribution in [0.15, 0.2) is 78.4 Å². The van der Waals surface area contributed by atoms with Crippen LogP contribution < -0.4 is 9.64 Å². The van der Waals surface area contributed by atoms with Gasteiger partial charge in [0.1, 0.15) is 17.3 Å². The quantitative estimate of drug-likeness (QED) is 0.318. The summed E-state index contributed by atoms with van der Waals surface area (Å²) in [6.45, 7) is 5.68. The number of carbonyl (C=O) groups excluding carboxylic acids is 2. The van der Waals surface area contributed by atoms with Crippen molar-refractivity contribution >= 4 is 23.1 Å². The van der Waals surface area contributed by atoms with E-state index in [1.54, 1.807) is 48.5 Å². The lowest BCUT2D eigenvalue weighted by Crippen LogP contribution is -2.29. The fraction of sp³-hybridized carbons (Fsp3) is 0.185. The molecule has 168 valence electrons. The first-order valence-corrected chi connectivity index (χ1v) is 10.7. The number of carbonyl (C=O) groups is 2. The number of ether oxygens (including phenoxy) is 1. The molecule has 1 aliphatic rings. The summed E-state index contributed by atoms with van der Waals surface area (Å²) in [5.74, 6) is -1.62. The average Bonchev–Trinajstić information content (AvgIpc) is 3.06. The number of halogens is 1. The van der Waals surface area contributed by atoms with Crippen molar-refractivity contribution in [3.63, 3.8) is 0 Å². The molecule has 33 heavy (non-hydrogen) atoms. The molecule has 0 saturated carbocycles. The lowest BCUT2D eigenvalue weighted by molar-refractivity contribution is -0.132. The van der Waals surface area contributed by atoms with Gasteiger partial charge in [-0.1, -0.05) is 30.3 Å². The molecule has 0 aromatic heterocycles. The highest BCUT2D eigenvalue weighted by atomic mass is 19.1. The van der Waals surface area contributed by atoms with Gasteiger partial charge in [-0.15, -0.1) is 0 Å². The minimum absolute atomic E-state index is 0.0159. The molecule has 1 saturated heterocycles. The van der Waals surface area contributed by atoms with Gasteiger partial charge in [-0.2, -0.15) is 0 Å². The van der Waals surface area contributed by atoms with Gasteiger partial charge < -0.3 is 9.84 Å². The Kier molecular flexibility index (Phi) is 6.01. The molecular formula is C27H24FNO4. The predicted octanol–water partition coefficient (Wildman–Crippen LogP) is 5.55. The number of nitrogens with zero attached hydrogens (tertiary/aromatic N) is 1. The molecule has 5 nitrogen and oxygen atoms in total. The number of anilines is 1. The van der Waals surface area contributed by atoms with Gasteiger partial charge in [0.25, 0.3) is 11.7 Å². The highest BCUT2D eigenvalue weighted by molar-refractivity contribution is 6.51. The van der Waals surface area contributed by atoms with E-state index in [2.05, 4.69) is 0 Å². The molecule has 1 unspecified atom stereocenters. The van der Waals surface area contributed by atoms with Crippen LogP contribution in [0.4, 0.5) is 10.1 Å². The molecule has 1 atom stereocenters. The number of rotatable bonds is 5. The van der Waals surface area contributed by atoms with Gasteiger partial charge in [0.2, 0.25) is 0 Å². The fourth-order valence-corrected chi connectivity index (χ4v) is 3.99. The molecule has 1 N–H and O–H groups in total. The van der Waals surface area contributed by atoms with E-state index < -0.39 is 23.5 Å². The number of hydrogen-bond acceptors (Lipinski definition) is 4. The normalized spacial score (nSPS) is 17.6. The highest BCUT2D eigenvalue weighted by Gasteiger charge is 2.46. The van der Waals surface area contributed by atoms with E-state index in [0.29, 0.717) is 22.6 Å². The number of aliphatic hydroxyl groups excluding tert-OH is 1. The average molecular weight is 445 g/mol. The maximum absolute atomic E-state index is 13.6. The van der Waals surface area contributed by atoms with E-state index in [0.717, 1.165) is 5.56 Å². The summed E-state index contributed by atoms with van der Waals surface area (Å²) in [6.07, 6.45) is -0.0159. The largest absolute Gasteiger partial charge is 0.507 e. The SMILES string of the molecule is Cc1cc(/C(O)=C2/C(=O)C(=O)N(c3ccccc3)C2c2ccc(F)cc2)ccc1OC(C)C. The standard InChI is InChI=1S/C27H24FNO4/c1-16(2)33-22-14-11-19(15-17(22)3)25(30)23-24(18-9-12-20(28)13-10-18)29(27(32)26(23)31)21-7-5-4-6-8-21/h4-16,24,30H,1-3H3/b25-23-. The molecule has 1 aliphatic heterocycles. The molecule has 0 bridgehead atoms. The minimum Gasteiger partial charge on any atom is -0.507 e. The Morgan fingerprint density at radius 1 is 1.00 bits per heavy atom. The third-order valence-electron chi connectivity index (χ3n) is 5.48. The predicted molar refractivity (Wildman–Crippen MR) is 125 cm³/mol. The molecule has 4 rings (SSSR count). The maximum Gasteiger partial charge on any atom is 0.300 e. The number of Topliss-reactive ketones (excluding diaryl/α,β-unsaturated/α-hetero) is 1. The molecule has 0 aliphatic carbocycles. The van der Waals surface area contributed by atoms with Crippen LogP contribution in [0.25, 0.3) is 5.76 Å². The molecule has 0 spiro atoms. The molecule has 1 amide bonds. The molecule has 3 aromatic rings. The molecule has 3 aromatic carbocycles. The van der Waals surface area contributed by atoms with E-state index in [-0.39, 0.29) is 17.4 Å². The molecule has 0 radical (unpaired) electrons. The summed E-state index contributed by atoms with van der Waals surface area (Å²) in [5.41, 5.74) is 2.14. The van der Waals surface area contributed by atoms with Crippen LogP contribution in [-0.4, -0.2) is 22.9 Å². The van der Waals surface area contributed by atoms with Gasteiger partial charge in [0.15, 0.2) is 0 Å². The van der Waals surface area contributed by atoms with Gasteiger partial charge in [0, 0.05) is 11.3 Å². The highest BCUT2D eigenvalue weighted by Crippen LogP contribution is 2.42. The maximum atomic E-state index is 13.6. The fourth-order valence-electron chi connectivity index (χ4n) is 3.99. The molecule has 1 fully saturated rings. The second kappa shape index (κ2) is 8.90. The van der Waals surface area contributed by atoms with Crippen molar-refractivity contribution in [1.82, 2.24) is 0 Å². The van der Waals surface area contributed by atoms with Gasteiger partial charge in [-0.25, -0.2) is 4.39 Å². The first kappa shape index (κ1) is 22.3. The summed E-state index contributed by atoms with van der Waals surface area (Å²) >= 11 is 0. The van der Waals surface area contributed by atoms with Crippen LogP contribution in [0.1, 0.15) is 36.6 Å². The second-order valence-corrected chi connectivity index (χ2v) is 8.20. The Morgan fingerprint density at radius 2 is 1.67 bits per heavy atom. The zero-order valence-corrected chi connectivity index (χ0v) is 18.6. The van der Waals surface area contributed by atoms with Crippen LogP contribution in [0.2, 0.25) is 0 Å². The minimum atomic E-state index is -0.903. The van der Waals surface area contributed by atoms with E-state index in [9.17, 15) is 19.1 Å². The first-order valence-electron chi connectivity index (χ1n) is 10.7. The Balaban J connectivity index is 1.88. The van der Waals surface area contributed by atoms with Gasteiger partial charge in [0.05, 0.1) is 17.7 Å². The Morgan fingerprint density at radius 3 is 2.27 bits per heavy atom. The summed E-state index contributed by atoms with van der Waals surface area (Å²) in [4.78, 5) is 27.6. The zero-order valence-electron chi connectivity index (χ0n) is 18.6. The smallest absolute Gasteiger partial charge is 0.300 e. The van der Waals surface area contributed by atoms with Crippen molar-refractivity contribution in [2.45, 2.75) is 32.9 Å². The first-order chi connectivity index (χ1) is 15.8. The van der Waals surface area contributed by atoms with Gasteiger partial charge in [-0.3, -0.25) is 14.5 Å². The van der Waals surface area contributed by atoms with E-state index in [1.165, 1.54) is 29.2 Å². The van der Waals surface area contributed by atoms with Crippen molar-refractivity contribution in [1.29, 1.82) is 0 Å². The Hall–Kier alpha value is -3.93. The van der Waals surface area contributed by atoms with Crippen LogP contribution >= 0.6 is 0 Å². The van der Waals surface area contributed by atoms with Crippen LogP contribution in [0.3, 0.4) is 0 Å². The molecular weight excluding hydrogens is 421 g/mol. The second-order valence-electron chi connectivity index (χ2n) is 8.20. The topological polar surface area (TPSA) is 66.8 Å². The van der Waals surface area contributed by atoms with Gasteiger partial charge >= 0.3 is 0 Å². The van der Waals surface area contributed by atoms with E-state index in [1.807, 2.05) is 20.8 Å². The van der Waals surface area contributed by atoms with Crippen molar-refractivity contribution in [2.75, 3.05) is 4.90 Å². The van der Waals surface area contributed by atoms with Crippen molar-refractivity contribution in [3.05, 3.63) is 101 Å². The Bertz CT molecular complexity index is 1230. The number of ketones is 1.